The molecule has 1 aromatic rings. The monoisotopic (exact) mass is 259 g/mol. The standard InChI is InChI=1S/C11H9O.H2O.Rb/c1-2-3-5-10-6-4-7-11(12)9-8-10;;/h4,6,8-9H,5H2,1H3;1H2;/q-1;;+1/p-1. The van der Waals surface area contributed by atoms with E-state index in [-0.39, 0.29) is 69.1 Å². The Balaban J connectivity index is 0. The summed E-state index contributed by atoms with van der Waals surface area (Å²) in [5, 5.41) is 0. The van der Waals surface area contributed by atoms with Gasteiger partial charge in [0.1, 0.15) is 0 Å². The van der Waals surface area contributed by atoms with Crippen molar-refractivity contribution in [1.82, 2.24) is 0 Å². The van der Waals surface area contributed by atoms with E-state index in [4.69, 9.17) is 0 Å². The molecule has 0 radical (unpaired) electrons. The maximum atomic E-state index is 10.8. The van der Waals surface area contributed by atoms with Gasteiger partial charge < -0.3 is 10.3 Å². The molecule has 0 heterocycles. The van der Waals surface area contributed by atoms with Gasteiger partial charge >= 0.3 is 58.2 Å². The molecule has 1 N–H and O–H groups in total. The molecular weight excluding hydrogens is 250 g/mol. The first kappa shape index (κ1) is 16.6. The van der Waals surface area contributed by atoms with Gasteiger partial charge in [0.25, 0.3) is 0 Å². The molecule has 0 amide bonds. The van der Waals surface area contributed by atoms with Gasteiger partial charge in [-0.15, -0.1) is 29.7 Å². The second-order valence-electron chi connectivity index (χ2n) is 2.35. The first-order chi connectivity index (χ1) is 5.83. The SMILES string of the molecule is CC#CCc1cc[c-]c(=O)cc1.[OH-].[Rb+]. The van der Waals surface area contributed by atoms with Crippen molar-refractivity contribution in [3.8, 4) is 11.8 Å². The van der Waals surface area contributed by atoms with Crippen molar-refractivity contribution >= 4 is 0 Å². The summed E-state index contributed by atoms with van der Waals surface area (Å²) in [7, 11) is 0. The molecule has 0 aromatic heterocycles. The van der Waals surface area contributed by atoms with Crippen LogP contribution in [0.4, 0.5) is 0 Å². The van der Waals surface area contributed by atoms with Crippen LogP contribution in [-0.4, -0.2) is 5.48 Å². The molecule has 0 unspecified atom stereocenters. The zero-order chi connectivity index (χ0) is 8.81. The minimum atomic E-state index is -0.0919. The second-order valence-corrected chi connectivity index (χ2v) is 2.35. The molecule has 1 aromatic carbocycles. The van der Waals surface area contributed by atoms with Crippen LogP contribution in [0.5, 0.6) is 0 Å². The molecule has 68 valence electrons. The molecule has 3 heteroatoms. The van der Waals surface area contributed by atoms with Crippen molar-refractivity contribution in [2.24, 2.45) is 0 Å². The van der Waals surface area contributed by atoms with Crippen molar-refractivity contribution < 1.29 is 63.7 Å². The van der Waals surface area contributed by atoms with Gasteiger partial charge in [0.2, 0.25) is 0 Å². The minimum Gasteiger partial charge on any atom is -0.870 e. The van der Waals surface area contributed by atoms with E-state index >= 15 is 0 Å². The Labute approximate surface area is 133 Å². The molecule has 0 saturated heterocycles. The molecule has 0 bridgehead atoms. The molecule has 0 aliphatic rings. The summed E-state index contributed by atoms with van der Waals surface area (Å²) in [6.45, 7) is 1.80. The van der Waals surface area contributed by atoms with Gasteiger partial charge in [-0.25, -0.2) is 0 Å². The maximum absolute atomic E-state index is 10.8. The van der Waals surface area contributed by atoms with Crippen LogP contribution in [0.1, 0.15) is 12.5 Å². The molecule has 0 spiro atoms. The molecule has 0 aliphatic heterocycles. The van der Waals surface area contributed by atoms with E-state index in [2.05, 4.69) is 17.9 Å². The Morgan fingerprint density at radius 1 is 1.36 bits per heavy atom. The summed E-state index contributed by atoms with van der Waals surface area (Å²) in [4.78, 5) is 10.8. The summed E-state index contributed by atoms with van der Waals surface area (Å²) < 4.78 is 0. The van der Waals surface area contributed by atoms with E-state index in [0.717, 1.165) is 5.56 Å². The number of hydrogen-bond acceptors (Lipinski definition) is 2. The fraction of sp³-hybridized carbons (Fsp3) is 0.182. The Kier molecular flexibility index (Phi) is 11.6. The zero-order valence-electron chi connectivity index (χ0n) is 8.37. The molecule has 0 fully saturated rings. The number of rotatable bonds is 1. The fourth-order valence-electron chi connectivity index (χ4n) is 0.826. The molecule has 14 heavy (non-hydrogen) atoms. The average Bonchev–Trinajstić information content (AvgIpc) is 2.27. The van der Waals surface area contributed by atoms with Crippen molar-refractivity contribution in [2.75, 3.05) is 0 Å². The largest absolute Gasteiger partial charge is 1.00 e. The summed E-state index contributed by atoms with van der Waals surface area (Å²) in [5.74, 6) is 5.73. The zero-order valence-corrected chi connectivity index (χ0v) is 13.3. The Morgan fingerprint density at radius 2 is 2.07 bits per heavy atom. The summed E-state index contributed by atoms with van der Waals surface area (Å²) in [6.07, 6.45) is 0.693. The van der Waals surface area contributed by atoms with E-state index in [1.165, 1.54) is 6.07 Å². The predicted octanol–water partition coefficient (Wildman–Crippen LogP) is -1.76. The van der Waals surface area contributed by atoms with Crippen LogP contribution in [0.15, 0.2) is 29.1 Å². The molecular formula is C11H10O2Rb-. The summed E-state index contributed by atoms with van der Waals surface area (Å²) >= 11 is 0. The third kappa shape index (κ3) is 6.64. The first-order valence-corrected chi connectivity index (χ1v) is 3.73. The third-order valence-corrected chi connectivity index (χ3v) is 1.44. The van der Waals surface area contributed by atoms with Crippen LogP contribution in [0.2, 0.25) is 0 Å². The van der Waals surface area contributed by atoms with Crippen LogP contribution in [-0.2, 0) is 6.42 Å². The van der Waals surface area contributed by atoms with Gasteiger partial charge in [-0.05, 0) is 6.92 Å². The first-order valence-electron chi connectivity index (χ1n) is 3.73. The summed E-state index contributed by atoms with van der Waals surface area (Å²) in [6, 6.07) is 9.35. The van der Waals surface area contributed by atoms with Crippen LogP contribution in [0.3, 0.4) is 0 Å². The van der Waals surface area contributed by atoms with E-state index in [0.29, 0.717) is 6.42 Å². The number of hydrogen-bond donors (Lipinski definition) is 0. The Hall–Kier alpha value is 0.215. The van der Waals surface area contributed by atoms with Crippen LogP contribution < -0.4 is 63.6 Å². The fourth-order valence-corrected chi connectivity index (χ4v) is 0.826. The smallest absolute Gasteiger partial charge is 0.870 e. The maximum Gasteiger partial charge on any atom is 1.00 e. The van der Waals surface area contributed by atoms with Gasteiger partial charge in [0.05, 0.1) is 5.43 Å². The van der Waals surface area contributed by atoms with Gasteiger partial charge in [-0.1, -0.05) is 5.92 Å². The van der Waals surface area contributed by atoms with Crippen LogP contribution in [0, 0.1) is 17.9 Å². The van der Waals surface area contributed by atoms with Crippen LogP contribution in [0.25, 0.3) is 0 Å². The van der Waals surface area contributed by atoms with Gasteiger partial charge in [-0.3, -0.25) is 0 Å². The topological polar surface area (TPSA) is 47.1 Å². The Morgan fingerprint density at radius 3 is 2.71 bits per heavy atom. The predicted molar refractivity (Wildman–Crippen MR) is 50.6 cm³/mol. The average molecular weight is 260 g/mol. The van der Waals surface area contributed by atoms with E-state index < -0.39 is 0 Å². The van der Waals surface area contributed by atoms with Crippen LogP contribution >= 0.6 is 0 Å². The van der Waals surface area contributed by atoms with Gasteiger partial charge in [0.15, 0.2) is 0 Å². The molecule has 2 nitrogen and oxygen atoms in total. The summed E-state index contributed by atoms with van der Waals surface area (Å²) in [5.41, 5.74) is 0.952. The van der Waals surface area contributed by atoms with E-state index in [1.54, 1.807) is 19.1 Å². The molecule has 0 aliphatic carbocycles. The van der Waals surface area contributed by atoms with E-state index in [9.17, 15) is 4.79 Å². The molecule has 0 saturated carbocycles. The van der Waals surface area contributed by atoms with Gasteiger partial charge in [0, 0.05) is 6.42 Å². The van der Waals surface area contributed by atoms with Crippen molar-refractivity contribution in [3.63, 3.8) is 0 Å². The van der Waals surface area contributed by atoms with Crippen molar-refractivity contribution in [2.45, 2.75) is 13.3 Å². The normalized spacial score (nSPS) is 7.21. The minimum absolute atomic E-state index is 0. The third-order valence-electron chi connectivity index (χ3n) is 1.44. The van der Waals surface area contributed by atoms with Crippen molar-refractivity contribution in [1.29, 1.82) is 0 Å². The quantitative estimate of drug-likeness (QED) is 0.443. The van der Waals surface area contributed by atoms with Crippen molar-refractivity contribution in [3.05, 3.63) is 46.1 Å². The molecule has 1 rings (SSSR count). The van der Waals surface area contributed by atoms with E-state index in [1.807, 2.05) is 6.07 Å². The Bertz CT molecular complexity index is 377. The second kappa shape index (κ2) is 9.76. The van der Waals surface area contributed by atoms with Gasteiger partial charge in [-0.2, -0.15) is 12.1 Å². The molecule has 0 atom stereocenters.